The van der Waals surface area contributed by atoms with Gasteiger partial charge in [0.25, 0.3) is 5.22 Å². The van der Waals surface area contributed by atoms with E-state index in [1.165, 1.54) is 11.8 Å². The monoisotopic (exact) mass is 275 g/mol. The molecule has 1 aromatic heterocycles. The summed E-state index contributed by atoms with van der Waals surface area (Å²) in [5.74, 6) is -0.179. The zero-order valence-electron chi connectivity index (χ0n) is 10.4. The van der Waals surface area contributed by atoms with Gasteiger partial charge < -0.3 is 9.52 Å². The molecule has 2 aromatic rings. The summed E-state index contributed by atoms with van der Waals surface area (Å²) in [6.45, 7) is 1.89. The fraction of sp³-hybridized carbons (Fsp3) is 0.143. The molecule has 98 valence electrons. The van der Waals surface area contributed by atoms with E-state index in [0.29, 0.717) is 5.22 Å². The molecule has 4 nitrogen and oxygen atoms in total. The number of oxazole rings is 1. The molecular weight excluding hydrogens is 262 g/mol. The van der Waals surface area contributed by atoms with E-state index in [2.05, 4.69) is 4.98 Å². The van der Waals surface area contributed by atoms with Gasteiger partial charge in [-0.3, -0.25) is 0 Å². The molecule has 1 N–H and O–H groups in total. The average Bonchev–Trinajstić information content (AvgIpc) is 2.81. The quantitative estimate of drug-likeness (QED) is 0.669. The van der Waals surface area contributed by atoms with Crippen LogP contribution in [0.2, 0.25) is 0 Å². The highest BCUT2D eigenvalue weighted by molar-refractivity contribution is 7.98. The number of carboxylic acid groups (broad SMARTS) is 1. The fourth-order valence-corrected chi connectivity index (χ4v) is 2.24. The average molecular weight is 275 g/mol. The molecule has 0 saturated carbocycles. The molecule has 0 amide bonds. The molecule has 0 unspecified atom stereocenters. The lowest BCUT2D eigenvalue weighted by Gasteiger charge is -1.99. The Kier molecular flexibility index (Phi) is 4.41. The molecule has 0 spiro atoms. The molecule has 5 heteroatoms. The summed E-state index contributed by atoms with van der Waals surface area (Å²) in [5.41, 5.74) is 2.87. The van der Waals surface area contributed by atoms with Gasteiger partial charge in [0.05, 0.1) is 5.69 Å². The van der Waals surface area contributed by atoms with Crippen LogP contribution in [0.15, 0.2) is 46.2 Å². The van der Waals surface area contributed by atoms with Crippen molar-refractivity contribution in [3.8, 4) is 0 Å². The van der Waals surface area contributed by atoms with Crippen molar-refractivity contribution >= 4 is 23.8 Å². The van der Waals surface area contributed by atoms with Crippen molar-refractivity contribution in [3.63, 3.8) is 0 Å². The van der Waals surface area contributed by atoms with Gasteiger partial charge in [-0.1, -0.05) is 36.0 Å². The van der Waals surface area contributed by atoms with Crippen LogP contribution >= 0.6 is 11.8 Å². The van der Waals surface area contributed by atoms with Crippen LogP contribution in [0.3, 0.4) is 0 Å². The van der Waals surface area contributed by atoms with Crippen molar-refractivity contribution in [3.05, 3.63) is 53.4 Å². The van der Waals surface area contributed by atoms with E-state index in [0.717, 1.165) is 28.6 Å². The van der Waals surface area contributed by atoms with Gasteiger partial charge in [-0.25, -0.2) is 9.78 Å². The number of aryl methyl sites for hydroxylation is 1. The van der Waals surface area contributed by atoms with E-state index in [4.69, 9.17) is 9.52 Å². The van der Waals surface area contributed by atoms with Gasteiger partial charge in [-0.2, -0.15) is 0 Å². The van der Waals surface area contributed by atoms with Gasteiger partial charge in [-0.15, -0.1) is 0 Å². The lowest BCUT2D eigenvalue weighted by molar-refractivity contribution is -0.131. The van der Waals surface area contributed by atoms with E-state index in [1.807, 2.05) is 31.2 Å². The SMILES string of the molecule is Cc1coc(SCc2ccc(/C=C/C(=O)O)cc2)n1. The molecular formula is C14H13NO3S. The first-order valence-corrected chi connectivity index (χ1v) is 6.67. The minimum Gasteiger partial charge on any atom is -0.478 e. The molecule has 0 bridgehead atoms. The van der Waals surface area contributed by atoms with Crippen molar-refractivity contribution in [2.24, 2.45) is 0 Å². The third-order valence-electron chi connectivity index (χ3n) is 2.36. The van der Waals surface area contributed by atoms with Crippen molar-refractivity contribution < 1.29 is 14.3 Å². The van der Waals surface area contributed by atoms with Gasteiger partial charge in [0.2, 0.25) is 0 Å². The second-order valence-electron chi connectivity index (χ2n) is 3.96. The Morgan fingerprint density at radius 3 is 2.74 bits per heavy atom. The summed E-state index contributed by atoms with van der Waals surface area (Å²) in [6.07, 6.45) is 4.32. The van der Waals surface area contributed by atoms with E-state index in [1.54, 1.807) is 12.3 Å². The number of aromatic nitrogens is 1. The maximum atomic E-state index is 10.4. The summed E-state index contributed by atoms with van der Waals surface area (Å²) in [7, 11) is 0. The smallest absolute Gasteiger partial charge is 0.328 e. The number of carbonyl (C=O) groups is 1. The van der Waals surface area contributed by atoms with E-state index >= 15 is 0 Å². The number of hydrogen-bond acceptors (Lipinski definition) is 4. The molecule has 0 fully saturated rings. The van der Waals surface area contributed by atoms with Crippen LogP contribution in [0.5, 0.6) is 0 Å². The number of thioether (sulfide) groups is 1. The first-order valence-electron chi connectivity index (χ1n) is 5.68. The number of carboxylic acids is 1. The first-order chi connectivity index (χ1) is 9.13. The Bertz CT molecular complexity index is 587. The molecule has 0 aliphatic carbocycles. The summed E-state index contributed by atoms with van der Waals surface area (Å²) >= 11 is 1.53. The summed E-state index contributed by atoms with van der Waals surface area (Å²) in [6, 6.07) is 7.70. The van der Waals surface area contributed by atoms with Gasteiger partial charge >= 0.3 is 5.97 Å². The zero-order chi connectivity index (χ0) is 13.7. The third kappa shape index (κ3) is 4.30. The second-order valence-corrected chi connectivity index (χ2v) is 4.88. The highest BCUT2D eigenvalue weighted by Crippen LogP contribution is 2.22. The number of rotatable bonds is 5. The number of benzene rings is 1. The van der Waals surface area contributed by atoms with Crippen molar-refractivity contribution in [2.45, 2.75) is 17.9 Å². The Hall–Kier alpha value is -2.01. The summed E-state index contributed by atoms with van der Waals surface area (Å²) < 4.78 is 5.25. The van der Waals surface area contributed by atoms with Crippen molar-refractivity contribution in [1.82, 2.24) is 4.98 Å². The Labute approximate surface area is 115 Å². The minimum absolute atomic E-state index is 0.660. The summed E-state index contributed by atoms with van der Waals surface area (Å²) in [4.78, 5) is 14.6. The first kappa shape index (κ1) is 13.4. The predicted octanol–water partition coefficient (Wildman–Crippen LogP) is 3.37. The summed E-state index contributed by atoms with van der Waals surface area (Å²) in [5, 5.41) is 9.19. The van der Waals surface area contributed by atoms with Gasteiger partial charge in [0.1, 0.15) is 6.26 Å². The molecule has 1 heterocycles. The number of nitrogens with zero attached hydrogens (tertiary/aromatic N) is 1. The third-order valence-corrected chi connectivity index (χ3v) is 3.27. The van der Waals surface area contributed by atoms with E-state index < -0.39 is 5.97 Å². The topological polar surface area (TPSA) is 63.3 Å². The standard InChI is InChI=1S/C14H13NO3S/c1-10-8-18-14(15-10)19-9-12-4-2-11(3-5-12)6-7-13(16)17/h2-8H,9H2,1H3,(H,16,17)/b7-6+. The van der Waals surface area contributed by atoms with Crippen LogP contribution in [-0.2, 0) is 10.5 Å². The highest BCUT2D eigenvalue weighted by Gasteiger charge is 2.02. The minimum atomic E-state index is -0.945. The molecule has 19 heavy (non-hydrogen) atoms. The van der Waals surface area contributed by atoms with Crippen LogP contribution in [0.4, 0.5) is 0 Å². The molecule has 2 rings (SSSR count). The normalized spacial score (nSPS) is 11.0. The maximum Gasteiger partial charge on any atom is 0.328 e. The number of hydrogen-bond donors (Lipinski definition) is 1. The lowest BCUT2D eigenvalue weighted by Crippen LogP contribution is -1.86. The Morgan fingerprint density at radius 2 is 2.16 bits per heavy atom. The molecule has 0 aliphatic heterocycles. The van der Waals surface area contributed by atoms with Gasteiger partial charge in [0, 0.05) is 11.8 Å². The molecule has 0 radical (unpaired) electrons. The van der Waals surface area contributed by atoms with Crippen molar-refractivity contribution in [2.75, 3.05) is 0 Å². The van der Waals surface area contributed by atoms with Crippen molar-refractivity contribution in [1.29, 1.82) is 0 Å². The zero-order valence-corrected chi connectivity index (χ0v) is 11.2. The van der Waals surface area contributed by atoms with Crippen LogP contribution in [0.25, 0.3) is 6.08 Å². The Balaban J connectivity index is 1.93. The molecule has 0 aliphatic rings. The number of aliphatic carboxylic acids is 1. The van der Waals surface area contributed by atoms with Gasteiger partial charge in [-0.05, 0) is 24.1 Å². The second kappa shape index (κ2) is 6.24. The predicted molar refractivity (Wildman–Crippen MR) is 73.9 cm³/mol. The lowest BCUT2D eigenvalue weighted by atomic mass is 10.1. The molecule has 1 aromatic carbocycles. The maximum absolute atomic E-state index is 10.4. The highest BCUT2D eigenvalue weighted by atomic mass is 32.2. The van der Waals surface area contributed by atoms with E-state index in [-0.39, 0.29) is 0 Å². The Morgan fingerprint density at radius 1 is 1.42 bits per heavy atom. The largest absolute Gasteiger partial charge is 0.478 e. The van der Waals surface area contributed by atoms with Crippen LogP contribution in [0, 0.1) is 6.92 Å². The van der Waals surface area contributed by atoms with Gasteiger partial charge in [0.15, 0.2) is 0 Å². The van der Waals surface area contributed by atoms with Crippen LogP contribution in [-0.4, -0.2) is 16.1 Å². The molecule has 0 atom stereocenters. The van der Waals surface area contributed by atoms with Crippen LogP contribution in [0.1, 0.15) is 16.8 Å². The van der Waals surface area contributed by atoms with Crippen LogP contribution < -0.4 is 0 Å². The fourth-order valence-electron chi connectivity index (χ4n) is 1.44. The van der Waals surface area contributed by atoms with E-state index in [9.17, 15) is 4.79 Å². The molecule has 0 saturated heterocycles.